The molecule has 1 aromatic rings. The molecule has 1 heterocycles. The molecule has 0 fully saturated rings. The van der Waals surface area contributed by atoms with Gasteiger partial charge in [-0.2, -0.15) is 0 Å². The van der Waals surface area contributed by atoms with Gasteiger partial charge in [0.2, 0.25) is 0 Å². The van der Waals surface area contributed by atoms with Crippen LogP contribution in [0.15, 0.2) is 42.6 Å². The summed E-state index contributed by atoms with van der Waals surface area (Å²) in [5.41, 5.74) is 2.88. The van der Waals surface area contributed by atoms with Crippen LogP contribution in [0.1, 0.15) is 42.9 Å². The van der Waals surface area contributed by atoms with E-state index in [1.54, 1.807) is 0 Å². The monoisotopic (exact) mass is 239 g/mol. The van der Waals surface area contributed by atoms with E-state index in [-0.39, 0.29) is 0 Å². The Bertz CT molecular complexity index is 472. The highest BCUT2D eigenvalue weighted by Crippen LogP contribution is 2.36. The Morgan fingerprint density at radius 3 is 3.00 bits per heavy atom. The quantitative estimate of drug-likeness (QED) is 0.692. The minimum absolute atomic E-state index is 0.541. The van der Waals surface area contributed by atoms with Crippen molar-refractivity contribution in [2.45, 2.75) is 31.7 Å². The lowest BCUT2D eigenvalue weighted by molar-refractivity contribution is 0.280. The number of rotatable bonds is 2. The van der Waals surface area contributed by atoms with Crippen LogP contribution in [0.4, 0.5) is 0 Å². The predicted molar refractivity (Wildman–Crippen MR) is 77.1 cm³/mol. The summed E-state index contributed by atoms with van der Waals surface area (Å²) in [7, 11) is 2.20. The molecule has 1 aromatic carbocycles. The standard InChI is InChI=1S/C17H21N/c1-18-12-11-15-9-5-6-10-16(15)17(18)13-14-7-3-2-4-8-14/h3,5-7,9-12,14,17H,2,4,8,13H2,1H3. The van der Waals surface area contributed by atoms with Gasteiger partial charge >= 0.3 is 0 Å². The van der Waals surface area contributed by atoms with Gasteiger partial charge in [0.05, 0.1) is 6.04 Å². The van der Waals surface area contributed by atoms with Gasteiger partial charge in [-0.15, -0.1) is 0 Å². The van der Waals surface area contributed by atoms with Crippen molar-refractivity contribution < 1.29 is 0 Å². The fourth-order valence-corrected chi connectivity index (χ4v) is 3.15. The van der Waals surface area contributed by atoms with E-state index in [9.17, 15) is 0 Å². The average Bonchev–Trinajstić information content (AvgIpc) is 2.43. The summed E-state index contributed by atoms with van der Waals surface area (Å²) >= 11 is 0. The molecule has 0 spiro atoms. The van der Waals surface area contributed by atoms with Gasteiger partial charge in [-0.05, 0) is 55.0 Å². The Balaban J connectivity index is 1.84. The van der Waals surface area contributed by atoms with Crippen molar-refractivity contribution in [3.63, 3.8) is 0 Å². The number of fused-ring (bicyclic) bond motifs is 1. The van der Waals surface area contributed by atoms with E-state index >= 15 is 0 Å². The molecule has 1 heteroatoms. The van der Waals surface area contributed by atoms with E-state index in [0.717, 1.165) is 5.92 Å². The molecule has 0 N–H and O–H groups in total. The van der Waals surface area contributed by atoms with Crippen molar-refractivity contribution in [2.24, 2.45) is 5.92 Å². The molecule has 1 aliphatic heterocycles. The highest BCUT2D eigenvalue weighted by atomic mass is 15.1. The Morgan fingerprint density at radius 1 is 1.28 bits per heavy atom. The first-order valence-electron chi connectivity index (χ1n) is 7.00. The summed E-state index contributed by atoms with van der Waals surface area (Å²) in [5, 5.41) is 0. The largest absolute Gasteiger partial charge is 0.373 e. The van der Waals surface area contributed by atoms with Crippen LogP contribution in [0.3, 0.4) is 0 Å². The summed E-state index contributed by atoms with van der Waals surface area (Å²) in [6.07, 6.45) is 14.5. The summed E-state index contributed by atoms with van der Waals surface area (Å²) in [5.74, 6) is 0.755. The molecule has 18 heavy (non-hydrogen) atoms. The lowest BCUT2D eigenvalue weighted by Gasteiger charge is -2.34. The molecule has 0 saturated carbocycles. The zero-order valence-corrected chi connectivity index (χ0v) is 11.0. The SMILES string of the molecule is CN1C=Cc2ccccc2C1CC1C=CCCC1. The van der Waals surface area contributed by atoms with E-state index < -0.39 is 0 Å². The molecule has 0 bridgehead atoms. The smallest absolute Gasteiger partial charge is 0.0545 e. The number of allylic oxidation sites excluding steroid dienone is 2. The van der Waals surface area contributed by atoms with Crippen LogP contribution < -0.4 is 0 Å². The fourth-order valence-electron chi connectivity index (χ4n) is 3.15. The molecule has 94 valence electrons. The Morgan fingerprint density at radius 2 is 2.17 bits per heavy atom. The maximum Gasteiger partial charge on any atom is 0.0545 e. The predicted octanol–water partition coefficient (Wildman–Crippen LogP) is 4.39. The minimum atomic E-state index is 0.541. The van der Waals surface area contributed by atoms with Gasteiger partial charge in [-0.3, -0.25) is 0 Å². The molecule has 2 aliphatic rings. The molecule has 2 unspecified atom stereocenters. The zero-order chi connectivity index (χ0) is 12.4. The second-order valence-electron chi connectivity index (χ2n) is 5.48. The van der Waals surface area contributed by atoms with E-state index in [1.807, 2.05) is 0 Å². The first-order valence-corrected chi connectivity index (χ1v) is 7.00. The fraction of sp³-hybridized carbons (Fsp3) is 0.412. The normalized spacial score (nSPS) is 26.2. The van der Waals surface area contributed by atoms with Crippen molar-refractivity contribution >= 4 is 6.08 Å². The van der Waals surface area contributed by atoms with Gasteiger partial charge < -0.3 is 4.90 Å². The first kappa shape index (κ1) is 11.6. The van der Waals surface area contributed by atoms with Crippen molar-refractivity contribution in [3.8, 4) is 0 Å². The third kappa shape index (κ3) is 2.22. The molecule has 1 nitrogen and oxygen atoms in total. The number of nitrogens with zero attached hydrogens (tertiary/aromatic N) is 1. The maximum atomic E-state index is 2.43. The van der Waals surface area contributed by atoms with Gasteiger partial charge in [-0.25, -0.2) is 0 Å². The van der Waals surface area contributed by atoms with E-state index in [0.29, 0.717) is 6.04 Å². The molecule has 1 aliphatic carbocycles. The second kappa shape index (κ2) is 5.01. The van der Waals surface area contributed by atoms with Crippen LogP contribution in [0.5, 0.6) is 0 Å². The van der Waals surface area contributed by atoms with Crippen LogP contribution in [-0.2, 0) is 0 Å². The van der Waals surface area contributed by atoms with Gasteiger partial charge in [0, 0.05) is 7.05 Å². The summed E-state index contributed by atoms with van der Waals surface area (Å²) in [6, 6.07) is 9.34. The highest BCUT2D eigenvalue weighted by Gasteiger charge is 2.23. The van der Waals surface area contributed by atoms with Gasteiger partial charge in [-0.1, -0.05) is 36.4 Å². The highest BCUT2D eigenvalue weighted by molar-refractivity contribution is 5.56. The average molecular weight is 239 g/mol. The van der Waals surface area contributed by atoms with Crippen LogP contribution in [0.2, 0.25) is 0 Å². The third-order valence-corrected chi connectivity index (χ3v) is 4.22. The number of hydrogen-bond acceptors (Lipinski definition) is 1. The van der Waals surface area contributed by atoms with E-state index in [2.05, 4.69) is 60.6 Å². The second-order valence-corrected chi connectivity index (χ2v) is 5.48. The lowest BCUT2D eigenvalue weighted by Crippen LogP contribution is -2.25. The van der Waals surface area contributed by atoms with Crippen LogP contribution >= 0.6 is 0 Å². The van der Waals surface area contributed by atoms with Crippen LogP contribution in [0, 0.1) is 5.92 Å². The molecule has 2 atom stereocenters. The minimum Gasteiger partial charge on any atom is -0.373 e. The zero-order valence-electron chi connectivity index (χ0n) is 11.0. The Kier molecular flexibility index (Phi) is 3.22. The number of benzene rings is 1. The Labute approximate surface area is 110 Å². The molecule has 0 amide bonds. The molecule has 0 saturated heterocycles. The van der Waals surface area contributed by atoms with Crippen molar-refractivity contribution in [1.29, 1.82) is 0 Å². The van der Waals surface area contributed by atoms with Gasteiger partial charge in [0.1, 0.15) is 0 Å². The molecular weight excluding hydrogens is 218 g/mol. The van der Waals surface area contributed by atoms with E-state index in [1.165, 1.54) is 36.8 Å². The molecule has 0 aromatic heterocycles. The lowest BCUT2D eigenvalue weighted by atomic mass is 9.85. The van der Waals surface area contributed by atoms with Crippen LogP contribution in [-0.4, -0.2) is 11.9 Å². The van der Waals surface area contributed by atoms with Crippen molar-refractivity contribution in [2.75, 3.05) is 7.05 Å². The van der Waals surface area contributed by atoms with Crippen molar-refractivity contribution in [1.82, 2.24) is 4.90 Å². The number of hydrogen-bond donors (Lipinski definition) is 0. The first-order chi connectivity index (χ1) is 8.84. The summed E-state index contributed by atoms with van der Waals surface area (Å²) in [6.45, 7) is 0. The van der Waals surface area contributed by atoms with E-state index in [4.69, 9.17) is 0 Å². The summed E-state index contributed by atoms with van der Waals surface area (Å²) < 4.78 is 0. The van der Waals surface area contributed by atoms with Crippen molar-refractivity contribution in [3.05, 3.63) is 53.7 Å². The molecule has 3 rings (SSSR count). The maximum absolute atomic E-state index is 2.43. The Hall–Kier alpha value is -1.50. The summed E-state index contributed by atoms with van der Waals surface area (Å²) in [4.78, 5) is 2.37. The topological polar surface area (TPSA) is 3.24 Å². The van der Waals surface area contributed by atoms with Gasteiger partial charge in [0.25, 0.3) is 0 Å². The van der Waals surface area contributed by atoms with Gasteiger partial charge in [0.15, 0.2) is 0 Å². The third-order valence-electron chi connectivity index (χ3n) is 4.22. The van der Waals surface area contributed by atoms with Crippen LogP contribution in [0.25, 0.3) is 6.08 Å². The molecule has 0 radical (unpaired) electrons. The molecular formula is C17H21N.